The van der Waals surface area contributed by atoms with E-state index in [-0.39, 0.29) is 19.1 Å². The van der Waals surface area contributed by atoms with Crippen LogP contribution in [0.1, 0.15) is 0 Å². The Bertz CT molecular complexity index is 726. The normalized spacial score (nSPS) is 21.1. The average molecular weight is 396 g/mol. The number of aliphatic hydroxyl groups excluding tert-OH is 1. The number of nitrogens with zero attached hydrogens (tertiary/aromatic N) is 3. The van der Waals surface area contributed by atoms with Gasteiger partial charge in [-0.05, 0) is 18.2 Å². The second-order valence-corrected chi connectivity index (χ2v) is 6.77. The van der Waals surface area contributed by atoms with Crippen LogP contribution in [0.5, 0.6) is 0 Å². The van der Waals surface area contributed by atoms with E-state index in [1.165, 1.54) is 18.1 Å². The first-order valence-corrected chi connectivity index (χ1v) is 9.13. The van der Waals surface area contributed by atoms with Crippen LogP contribution in [0.4, 0.5) is 20.6 Å². The second kappa shape index (κ2) is 8.72. The first-order chi connectivity index (χ1) is 13.4. The number of aliphatic hydroxyl groups is 1. The number of rotatable bonds is 6. The Morgan fingerprint density at radius 3 is 2.68 bits per heavy atom. The highest BCUT2D eigenvalue weighted by Gasteiger charge is 2.32. The molecule has 0 spiro atoms. The molecular weight excluding hydrogens is 371 g/mol. The van der Waals surface area contributed by atoms with Gasteiger partial charge in [-0.1, -0.05) is 0 Å². The minimum absolute atomic E-state index is 0.0565. The van der Waals surface area contributed by atoms with Gasteiger partial charge in [0.25, 0.3) is 5.91 Å². The van der Waals surface area contributed by atoms with Crippen LogP contribution in [0.25, 0.3) is 0 Å². The van der Waals surface area contributed by atoms with Crippen molar-refractivity contribution in [1.82, 2.24) is 4.90 Å². The zero-order valence-electron chi connectivity index (χ0n) is 15.7. The van der Waals surface area contributed by atoms with E-state index in [9.17, 15) is 19.1 Å². The number of benzene rings is 1. The Balaban J connectivity index is 1.63. The first kappa shape index (κ1) is 20.3. The highest BCUT2D eigenvalue weighted by Crippen LogP contribution is 2.28. The van der Waals surface area contributed by atoms with Crippen molar-refractivity contribution >= 4 is 23.4 Å². The SMILES string of the molecule is COCC(O)C(=O)N1CCN(c2ccc(N3C[C@H](CN)OC3=O)cc2F)CC1. The van der Waals surface area contributed by atoms with Crippen LogP contribution in [0.3, 0.4) is 0 Å². The summed E-state index contributed by atoms with van der Waals surface area (Å²) in [6, 6.07) is 4.58. The third kappa shape index (κ3) is 4.18. The van der Waals surface area contributed by atoms with Crippen LogP contribution >= 0.6 is 0 Å². The summed E-state index contributed by atoms with van der Waals surface area (Å²) in [6.45, 7) is 2.06. The summed E-state index contributed by atoms with van der Waals surface area (Å²) in [5, 5.41) is 9.75. The number of methoxy groups -OCH3 is 1. The van der Waals surface area contributed by atoms with E-state index in [1.807, 2.05) is 4.90 Å². The molecule has 0 saturated carbocycles. The molecule has 2 heterocycles. The Hall–Kier alpha value is -2.43. The monoisotopic (exact) mass is 396 g/mol. The number of amides is 2. The van der Waals surface area contributed by atoms with E-state index >= 15 is 0 Å². The minimum Gasteiger partial charge on any atom is -0.443 e. The molecule has 2 aliphatic rings. The molecule has 9 nitrogen and oxygen atoms in total. The molecule has 3 N–H and O–H groups in total. The summed E-state index contributed by atoms with van der Waals surface area (Å²) < 4.78 is 24.6. The van der Waals surface area contributed by atoms with Gasteiger partial charge in [-0.2, -0.15) is 0 Å². The van der Waals surface area contributed by atoms with Crippen molar-refractivity contribution in [1.29, 1.82) is 0 Å². The number of halogens is 1. The van der Waals surface area contributed by atoms with Crippen LogP contribution < -0.4 is 15.5 Å². The zero-order chi connectivity index (χ0) is 20.3. The standard InChI is InChI=1S/C18H25FN4O5/c1-27-11-16(24)17(25)22-6-4-21(5-7-22)15-3-2-12(8-14(15)19)23-10-13(9-20)28-18(23)26/h2-3,8,13,16,24H,4-7,9-11,20H2,1H3/t13-,16?/m0/s1. The van der Waals surface area contributed by atoms with Gasteiger partial charge in [-0.3, -0.25) is 9.69 Å². The maximum absolute atomic E-state index is 14.7. The van der Waals surface area contributed by atoms with E-state index in [1.54, 1.807) is 17.0 Å². The third-order valence-corrected chi connectivity index (χ3v) is 4.92. The zero-order valence-corrected chi connectivity index (χ0v) is 15.7. The van der Waals surface area contributed by atoms with Gasteiger partial charge in [-0.25, -0.2) is 9.18 Å². The largest absolute Gasteiger partial charge is 0.443 e. The predicted molar refractivity (Wildman–Crippen MR) is 99.7 cm³/mol. The number of piperazine rings is 1. The lowest BCUT2D eigenvalue weighted by Crippen LogP contribution is -2.52. The van der Waals surface area contributed by atoms with Crippen molar-refractivity contribution in [3.8, 4) is 0 Å². The van der Waals surface area contributed by atoms with Crippen LogP contribution in [0.15, 0.2) is 18.2 Å². The average Bonchev–Trinajstić information content (AvgIpc) is 3.08. The van der Waals surface area contributed by atoms with Crippen molar-refractivity contribution in [2.75, 3.05) is 62.8 Å². The molecule has 0 bridgehead atoms. The summed E-state index contributed by atoms with van der Waals surface area (Å²) in [6.07, 6.45) is -2.12. The van der Waals surface area contributed by atoms with Crippen molar-refractivity contribution in [2.45, 2.75) is 12.2 Å². The molecule has 2 aliphatic heterocycles. The molecule has 1 aromatic rings. The lowest BCUT2D eigenvalue weighted by atomic mass is 10.2. The first-order valence-electron chi connectivity index (χ1n) is 9.13. The van der Waals surface area contributed by atoms with Crippen molar-refractivity contribution < 1.29 is 28.6 Å². The summed E-state index contributed by atoms with van der Waals surface area (Å²) in [5.41, 5.74) is 6.34. The quantitative estimate of drug-likeness (QED) is 0.683. The van der Waals surface area contributed by atoms with Gasteiger partial charge in [0.2, 0.25) is 0 Å². The fourth-order valence-corrected chi connectivity index (χ4v) is 3.38. The van der Waals surface area contributed by atoms with E-state index in [0.29, 0.717) is 44.1 Å². The third-order valence-electron chi connectivity index (χ3n) is 4.92. The topological polar surface area (TPSA) is 109 Å². The molecule has 2 saturated heterocycles. The van der Waals surface area contributed by atoms with Gasteiger partial charge < -0.3 is 30.1 Å². The molecule has 28 heavy (non-hydrogen) atoms. The molecule has 1 aromatic carbocycles. The number of nitrogens with two attached hydrogens (primary N) is 1. The van der Waals surface area contributed by atoms with Crippen molar-refractivity contribution in [3.05, 3.63) is 24.0 Å². The maximum Gasteiger partial charge on any atom is 0.414 e. The molecule has 0 aromatic heterocycles. The summed E-state index contributed by atoms with van der Waals surface area (Å²) in [7, 11) is 1.42. The fourth-order valence-electron chi connectivity index (χ4n) is 3.38. The number of ether oxygens (including phenoxy) is 2. The molecule has 0 aliphatic carbocycles. The van der Waals surface area contributed by atoms with Crippen molar-refractivity contribution in [2.24, 2.45) is 5.73 Å². The molecule has 10 heteroatoms. The second-order valence-electron chi connectivity index (χ2n) is 6.77. The number of hydrogen-bond acceptors (Lipinski definition) is 7. The molecule has 2 fully saturated rings. The lowest BCUT2D eigenvalue weighted by Gasteiger charge is -2.37. The predicted octanol–water partition coefficient (Wildman–Crippen LogP) is -0.234. The molecule has 0 radical (unpaired) electrons. The number of hydrogen-bond donors (Lipinski definition) is 2. The lowest BCUT2D eigenvalue weighted by molar-refractivity contribution is -0.143. The smallest absolute Gasteiger partial charge is 0.414 e. The van der Waals surface area contributed by atoms with E-state index < -0.39 is 24.1 Å². The maximum atomic E-state index is 14.7. The van der Waals surface area contributed by atoms with Crippen LogP contribution in [0, 0.1) is 5.82 Å². The van der Waals surface area contributed by atoms with Gasteiger partial charge in [0.1, 0.15) is 11.9 Å². The van der Waals surface area contributed by atoms with Crippen LogP contribution in [-0.4, -0.2) is 87.2 Å². The van der Waals surface area contributed by atoms with Crippen molar-refractivity contribution in [3.63, 3.8) is 0 Å². The van der Waals surface area contributed by atoms with Gasteiger partial charge in [0, 0.05) is 39.8 Å². The Kier molecular flexibility index (Phi) is 6.32. The molecule has 2 amide bonds. The Morgan fingerprint density at radius 1 is 1.39 bits per heavy atom. The molecule has 1 unspecified atom stereocenters. The molecular formula is C18H25FN4O5. The summed E-state index contributed by atoms with van der Waals surface area (Å²) >= 11 is 0. The number of cyclic esters (lactones) is 1. The number of anilines is 2. The molecule has 3 rings (SSSR count). The highest BCUT2D eigenvalue weighted by molar-refractivity contribution is 5.90. The number of carbonyl (C=O) groups is 2. The Morgan fingerprint density at radius 2 is 2.11 bits per heavy atom. The molecule has 2 atom stereocenters. The fraction of sp³-hybridized carbons (Fsp3) is 0.556. The Labute approximate surface area is 162 Å². The highest BCUT2D eigenvalue weighted by atomic mass is 19.1. The van der Waals surface area contributed by atoms with E-state index in [0.717, 1.165) is 0 Å². The summed E-state index contributed by atoms with van der Waals surface area (Å²) in [5.74, 6) is -0.847. The van der Waals surface area contributed by atoms with Gasteiger partial charge in [0.15, 0.2) is 6.10 Å². The minimum atomic E-state index is -1.19. The summed E-state index contributed by atoms with van der Waals surface area (Å²) in [4.78, 5) is 28.7. The van der Waals surface area contributed by atoms with Crippen LogP contribution in [0.2, 0.25) is 0 Å². The molecule has 154 valence electrons. The van der Waals surface area contributed by atoms with Gasteiger partial charge in [0.05, 0.1) is 24.5 Å². The number of carbonyl (C=O) groups excluding carboxylic acids is 2. The van der Waals surface area contributed by atoms with Crippen LogP contribution in [-0.2, 0) is 14.3 Å². The van der Waals surface area contributed by atoms with Gasteiger partial charge >= 0.3 is 6.09 Å². The van der Waals surface area contributed by atoms with E-state index in [4.69, 9.17) is 15.2 Å². The van der Waals surface area contributed by atoms with E-state index in [2.05, 4.69) is 0 Å². The van der Waals surface area contributed by atoms with Gasteiger partial charge in [-0.15, -0.1) is 0 Å².